The van der Waals surface area contributed by atoms with Gasteiger partial charge < -0.3 is 0 Å². The van der Waals surface area contributed by atoms with Crippen LogP contribution in [0.2, 0.25) is 0 Å². The third-order valence-corrected chi connectivity index (χ3v) is 7.02. The van der Waals surface area contributed by atoms with Crippen molar-refractivity contribution in [1.29, 1.82) is 0 Å². The van der Waals surface area contributed by atoms with Crippen LogP contribution < -0.4 is 11.3 Å². The van der Waals surface area contributed by atoms with Crippen molar-refractivity contribution in [3.63, 3.8) is 0 Å². The number of benzene rings is 1. The highest BCUT2D eigenvalue weighted by Gasteiger charge is 2.33. The molecule has 112 valence electrons. The van der Waals surface area contributed by atoms with Crippen molar-refractivity contribution in [3.8, 4) is 0 Å². The Morgan fingerprint density at radius 2 is 1.90 bits per heavy atom. The van der Waals surface area contributed by atoms with E-state index in [1.54, 1.807) is 23.5 Å². The van der Waals surface area contributed by atoms with Crippen LogP contribution in [0.4, 0.5) is 13.2 Å². The summed E-state index contributed by atoms with van der Waals surface area (Å²) in [6.45, 7) is 4.24. The van der Waals surface area contributed by atoms with Crippen LogP contribution in [-0.4, -0.2) is 21.5 Å². The molecule has 1 aliphatic heterocycles. The summed E-state index contributed by atoms with van der Waals surface area (Å²) in [6.07, 6.45) is 0. The number of hydrogen-bond donors (Lipinski definition) is 2. The number of hydrogen-bond acceptors (Lipinski definition) is 4. The van der Waals surface area contributed by atoms with Crippen molar-refractivity contribution in [1.82, 2.24) is 5.43 Å². The van der Waals surface area contributed by atoms with Gasteiger partial charge in [0.25, 0.3) is 0 Å². The van der Waals surface area contributed by atoms with Gasteiger partial charge in [-0.15, -0.1) is 0 Å². The highest BCUT2D eigenvalue weighted by atomic mass is 32.2. The fourth-order valence-electron chi connectivity index (χ4n) is 2.16. The minimum absolute atomic E-state index is 0.00978. The summed E-state index contributed by atoms with van der Waals surface area (Å²) in [5, 5.41) is 0.906. The maximum atomic E-state index is 13.9. The van der Waals surface area contributed by atoms with E-state index >= 15 is 0 Å². The molecule has 0 bridgehead atoms. The molecule has 20 heavy (non-hydrogen) atoms. The molecule has 4 unspecified atom stereocenters. The van der Waals surface area contributed by atoms with E-state index in [1.807, 2.05) is 0 Å². The van der Waals surface area contributed by atoms with Crippen molar-refractivity contribution < 1.29 is 13.2 Å². The molecule has 4 atom stereocenters. The molecule has 2 rings (SSSR count). The summed E-state index contributed by atoms with van der Waals surface area (Å²) >= 11 is 3.47. The molecule has 1 heterocycles. The Morgan fingerprint density at radius 3 is 2.50 bits per heavy atom. The van der Waals surface area contributed by atoms with Crippen LogP contribution >= 0.6 is 23.5 Å². The van der Waals surface area contributed by atoms with E-state index in [-0.39, 0.29) is 10.8 Å². The molecule has 0 saturated carbocycles. The van der Waals surface area contributed by atoms with Crippen molar-refractivity contribution in [2.24, 2.45) is 5.84 Å². The first-order chi connectivity index (χ1) is 9.45. The topological polar surface area (TPSA) is 38.0 Å². The Balaban J connectivity index is 2.27. The zero-order valence-corrected chi connectivity index (χ0v) is 12.8. The fourth-order valence-corrected chi connectivity index (χ4v) is 5.25. The lowest BCUT2D eigenvalue weighted by molar-refractivity contribution is 0.425. The smallest absolute Gasteiger partial charge is 0.194 e. The maximum Gasteiger partial charge on any atom is 0.194 e. The number of rotatable bonds is 3. The molecule has 2 nitrogen and oxygen atoms in total. The average Bonchev–Trinajstić information content (AvgIpc) is 2.43. The fraction of sp³-hybridized carbons (Fsp3) is 0.538. The van der Waals surface area contributed by atoms with Gasteiger partial charge in [0.1, 0.15) is 0 Å². The summed E-state index contributed by atoms with van der Waals surface area (Å²) in [4.78, 5) is 0. The zero-order chi connectivity index (χ0) is 14.9. The van der Waals surface area contributed by atoms with Crippen molar-refractivity contribution in [2.45, 2.75) is 35.6 Å². The Labute approximate surface area is 125 Å². The third-order valence-electron chi connectivity index (χ3n) is 3.53. The Morgan fingerprint density at radius 1 is 1.20 bits per heavy atom. The Kier molecular flexibility index (Phi) is 5.28. The molecule has 1 fully saturated rings. The van der Waals surface area contributed by atoms with E-state index in [0.29, 0.717) is 10.5 Å². The lowest BCUT2D eigenvalue weighted by Gasteiger charge is -2.35. The minimum Gasteiger partial charge on any atom is -0.271 e. The van der Waals surface area contributed by atoms with Gasteiger partial charge in [0.2, 0.25) is 0 Å². The molecule has 1 aromatic rings. The Hall–Kier alpha value is -0.370. The largest absolute Gasteiger partial charge is 0.271 e. The second kappa shape index (κ2) is 6.60. The highest BCUT2D eigenvalue weighted by Crippen LogP contribution is 2.41. The van der Waals surface area contributed by atoms with Gasteiger partial charge in [-0.3, -0.25) is 11.3 Å². The number of thioether (sulfide) groups is 2. The van der Waals surface area contributed by atoms with E-state index in [2.05, 4.69) is 19.3 Å². The molecule has 0 amide bonds. The van der Waals surface area contributed by atoms with Crippen molar-refractivity contribution in [2.75, 3.05) is 5.75 Å². The number of nitrogens with one attached hydrogen (secondary N) is 1. The average molecular weight is 322 g/mol. The molecule has 1 aromatic carbocycles. The van der Waals surface area contributed by atoms with Crippen LogP contribution in [-0.2, 0) is 0 Å². The predicted molar refractivity (Wildman–Crippen MR) is 79.1 cm³/mol. The van der Waals surface area contributed by atoms with Crippen LogP contribution in [0, 0.1) is 17.5 Å². The first kappa shape index (κ1) is 16.0. The molecule has 7 heteroatoms. The molecule has 0 aliphatic carbocycles. The highest BCUT2D eigenvalue weighted by molar-refractivity contribution is 8.07. The van der Waals surface area contributed by atoms with Crippen LogP contribution in [0.5, 0.6) is 0 Å². The summed E-state index contributed by atoms with van der Waals surface area (Å²) in [5.41, 5.74) is 2.62. The third kappa shape index (κ3) is 3.10. The summed E-state index contributed by atoms with van der Waals surface area (Å²) in [6, 6.07) is 1.65. The van der Waals surface area contributed by atoms with Gasteiger partial charge in [-0.1, -0.05) is 19.9 Å². The first-order valence-corrected chi connectivity index (χ1v) is 8.31. The lowest BCUT2D eigenvalue weighted by atomic mass is 10.0. The minimum atomic E-state index is -1.45. The molecular formula is C13H17F3N2S2. The van der Waals surface area contributed by atoms with Gasteiger partial charge in [-0.25, -0.2) is 13.2 Å². The van der Waals surface area contributed by atoms with E-state index < -0.39 is 23.5 Å². The van der Waals surface area contributed by atoms with Crippen LogP contribution in [0.25, 0.3) is 0 Å². The molecule has 1 aliphatic rings. The van der Waals surface area contributed by atoms with Crippen LogP contribution in [0.15, 0.2) is 12.1 Å². The first-order valence-electron chi connectivity index (χ1n) is 6.32. The standard InChI is InChI=1S/C13H17F3N2S2/c1-6-7(2)20-10(5-19-6)13(18-17)8-3-4-9(14)12(16)11(8)15/h3-4,6-7,10,13,18H,5,17H2,1-2H3. The second-order valence-corrected chi connectivity index (χ2v) is 7.86. The summed E-state index contributed by atoms with van der Waals surface area (Å²) in [5.74, 6) is 2.50. The van der Waals surface area contributed by atoms with Crippen LogP contribution in [0.3, 0.4) is 0 Å². The van der Waals surface area contributed by atoms with Gasteiger partial charge >= 0.3 is 0 Å². The van der Waals surface area contributed by atoms with Gasteiger partial charge in [-0.2, -0.15) is 23.5 Å². The second-order valence-electron chi connectivity index (χ2n) is 4.83. The Bertz CT molecular complexity index is 487. The predicted octanol–water partition coefficient (Wildman–Crippen LogP) is 3.23. The quantitative estimate of drug-likeness (QED) is 0.509. The van der Waals surface area contributed by atoms with Gasteiger partial charge in [-0.05, 0) is 6.07 Å². The number of nitrogens with two attached hydrogens (primary N) is 1. The van der Waals surface area contributed by atoms with E-state index in [1.165, 1.54) is 6.07 Å². The molecule has 0 radical (unpaired) electrons. The monoisotopic (exact) mass is 322 g/mol. The molecule has 0 aromatic heterocycles. The molecule has 3 N–H and O–H groups in total. The van der Waals surface area contributed by atoms with E-state index in [0.717, 1.165) is 11.8 Å². The lowest BCUT2D eigenvalue weighted by Crippen LogP contribution is -2.40. The van der Waals surface area contributed by atoms with E-state index in [9.17, 15) is 13.2 Å². The van der Waals surface area contributed by atoms with Crippen molar-refractivity contribution in [3.05, 3.63) is 35.1 Å². The van der Waals surface area contributed by atoms with Crippen molar-refractivity contribution >= 4 is 23.5 Å². The zero-order valence-electron chi connectivity index (χ0n) is 11.2. The SMILES string of the molecule is CC1SCC(C(NN)c2ccc(F)c(F)c2F)SC1C. The number of halogens is 3. The van der Waals surface area contributed by atoms with Gasteiger partial charge in [0.05, 0.1) is 6.04 Å². The summed E-state index contributed by atoms with van der Waals surface area (Å²) in [7, 11) is 0. The number of hydrazine groups is 1. The van der Waals surface area contributed by atoms with Gasteiger partial charge in [0.15, 0.2) is 17.5 Å². The van der Waals surface area contributed by atoms with Crippen LogP contribution in [0.1, 0.15) is 25.5 Å². The van der Waals surface area contributed by atoms with Gasteiger partial charge in [0, 0.05) is 27.1 Å². The molecule has 1 saturated heterocycles. The maximum absolute atomic E-state index is 13.9. The van der Waals surface area contributed by atoms with E-state index in [4.69, 9.17) is 5.84 Å². The summed E-state index contributed by atoms with van der Waals surface area (Å²) < 4.78 is 40.3. The molecular weight excluding hydrogens is 305 g/mol. The normalized spacial score (nSPS) is 28.4. The molecule has 0 spiro atoms.